The quantitative estimate of drug-likeness (QED) is 0.101. The molecule has 4 amide bonds. The van der Waals surface area contributed by atoms with Crippen LogP contribution < -0.4 is 27.2 Å². The molecule has 4 aliphatic rings. The predicted octanol–water partition coefficient (Wildman–Crippen LogP) is 3.72. The molecule has 0 saturated carbocycles. The molecule has 0 radical (unpaired) electrons. The molecular weight excluding hydrogens is 790 g/mol. The Kier molecular flexibility index (Phi) is 12.0. The lowest BCUT2D eigenvalue weighted by Gasteiger charge is -2.40. The monoisotopic (exact) mass is 839 g/mol. The Bertz CT molecular complexity index is 2500. The molecule has 0 spiro atoms. The van der Waals surface area contributed by atoms with Gasteiger partial charge in [0.1, 0.15) is 25.1 Å². The van der Waals surface area contributed by atoms with Crippen molar-refractivity contribution < 1.29 is 42.9 Å². The highest BCUT2D eigenvalue weighted by Gasteiger charge is 2.46. The van der Waals surface area contributed by atoms with E-state index in [4.69, 9.17) is 20.2 Å². The number of hydrogen-bond acceptors (Lipinski definition) is 11. The molecule has 0 bridgehead atoms. The van der Waals surface area contributed by atoms with Gasteiger partial charge < -0.3 is 40.8 Å². The van der Waals surface area contributed by atoms with E-state index in [0.717, 1.165) is 5.56 Å². The number of hydrogen-bond donors (Lipinski definition) is 5. The number of aromatic nitrogens is 2. The summed E-state index contributed by atoms with van der Waals surface area (Å²) in [7, 11) is 0. The van der Waals surface area contributed by atoms with Crippen LogP contribution in [0.5, 0.6) is 0 Å². The van der Waals surface area contributed by atoms with Gasteiger partial charge in [0.05, 0.1) is 41.6 Å². The molecule has 17 heteroatoms. The molecule has 4 aromatic rings. The second-order valence-corrected chi connectivity index (χ2v) is 16.3. The van der Waals surface area contributed by atoms with Crippen LogP contribution in [0.3, 0.4) is 0 Å². The van der Waals surface area contributed by atoms with Crippen LogP contribution in [0.25, 0.3) is 22.3 Å². The first-order chi connectivity index (χ1) is 29.1. The summed E-state index contributed by atoms with van der Waals surface area (Å²) in [6, 6.07) is 8.57. The lowest BCUT2D eigenvalue weighted by molar-refractivity contribution is -0.172. The maximum absolute atomic E-state index is 15.3. The lowest BCUT2D eigenvalue weighted by Crippen LogP contribution is -2.58. The first kappa shape index (κ1) is 42.9. The third kappa shape index (κ3) is 7.94. The number of aliphatic hydroxyl groups is 1. The van der Waals surface area contributed by atoms with Crippen LogP contribution in [0.1, 0.15) is 91.9 Å². The Hall–Kier alpha value is -6.20. The molecule has 5 heterocycles. The Balaban J connectivity index is 0.000000873. The van der Waals surface area contributed by atoms with E-state index in [-0.39, 0.29) is 49.8 Å². The zero-order valence-corrected chi connectivity index (χ0v) is 34.7. The third-order valence-corrected chi connectivity index (χ3v) is 12.2. The second-order valence-electron chi connectivity index (χ2n) is 16.3. The fraction of sp³-hybridized carbons (Fsp3) is 0.432. The number of likely N-dealkylation sites (tertiary alicyclic amines) is 1. The number of nitrogens with two attached hydrogens (primary N) is 1. The van der Waals surface area contributed by atoms with E-state index in [9.17, 15) is 33.9 Å². The fourth-order valence-corrected chi connectivity index (χ4v) is 8.10. The van der Waals surface area contributed by atoms with Crippen LogP contribution in [0.15, 0.2) is 41.2 Å². The molecule has 16 nitrogen and oxygen atoms in total. The van der Waals surface area contributed by atoms with Crippen LogP contribution in [0.2, 0.25) is 0 Å². The topological polar surface area (TPSA) is 224 Å². The van der Waals surface area contributed by atoms with Crippen LogP contribution in [-0.4, -0.2) is 75.0 Å². The zero-order valence-electron chi connectivity index (χ0n) is 34.7. The van der Waals surface area contributed by atoms with E-state index in [1.165, 1.54) is 15.5 Å². The summed E-state index contributed by atoms with van der Waals surface area (Å²) >= 11 is 0. The van der Waals surface area contributed by atoms with Gasteiger partial charge in [0.25, 0.3) is 5.56 Å². The highest BCUT2D eigenvalue weighted by atomic mass is 19.1. The van der Waals surface area contributed by atoms with Crippen molar-refractivity contribution in [3.8, 4) is 11.4 Å². The van der Waals surface area contributed by atoms with Crippen LogP contribution in [-0.2, 0) is 60.4 Å². The fourth-order valence-electron chi connectivity index (χ4n) is 8.10. The number of pyridine rings is 2. The SMILES string of the molecule is CC(C)C(C)N.CCC1(O)C(=O)OCc2c1cc1n(c2=O)Cc2c-1nc1cc(F)c(C)c3c1c2C(NC(=O)C1CCN1C(=O)OCc1ccc(NC(=O)CNC=O)cc1)CC3. The van der Waals surface area contributed by atoms with Crippen molar-refractivity contribution in [2.24, 2.45) is 11.7 Å². The van der Waals surface area contributed by atoms with Gasteiger partial charge in [0.2, 0.25) is 18.2 Å². The number of nitrogens with zero attached hydrogens (tertiary/aromatic N) is 3. The number of esters is 1. The standard InChI is InChI=1S/C39H37FN6O9.C5H13N/c1-3-39(53)25-12-30-34-23(15-46(30)36(50)24(25)17-54-37(39)51)33-27(9-8-22-19(2)26(40)13-28(43-34)32(22)33)44-35(49)29-10-11-45(29)38(52)55-16-20-4-6-21(7-5-20)42-31(48)14-41-18-47;1-4(2)5(3)6/h4-7,12-13,18,27,29,53H,3,8-11,14-17H2,1-2H3,(H,41,47)(H,42,48)(H,44,49);4-5H,6H2,1-3H3. The summed E-state index contributed by atoms with van der Waals surface area (Å²) in [5.41, 5.74) is 8.23. The largest absolute Gasteiger partial charge is 0.458 e. The number of ether oxygens (including phenoxy) is 2. The molecule has 3 aliphatic heterocycles. The number of fused-ring (bicyclic) bond motifs is 5. The zero-order chi connectivity index (χ0) is 43.9. The maximum Gasteiger partial charge on any atom is 0.410 e. The van der Waals surface area contributed by atoms with Gasteiger partial charge in [0.15, 0.2) is 5.60 Å². The van der Waals surface area contributed by atoms with Gasteiger partial charge in [-0.2, -0.15) is 0 Å². The summed E-state index contributed by atoms with van der Waals surface area (Å²) in [5.74, 6) is -1.42. The molecule has 1 aliphatic carbocycles. The molecule has 1 saturated heterocycles. The Morgan fingerprint density at radius 2 is 1.84 bits per heavy atom. The van der Waals surface area contributed by atoms with Crippen molar-refractivity contribution in [1.82, 2.24) is 25.1 Å². The van der Waals surface area contributed by atoms with Crippen molar-refractivity contribution in [3.63, 3.8) is 0 Å². The summed E-state index contributed by atoms with van der Waals surface area (Å²) in [6.45, 7) is 9.47. The Morgan fingerprint density at radius 1 is 1.11 bits per heavy atom. The van der Waals surface area contributed by atoms with E-state index in [0.29, 0.717) is 94.4 Å². The molecule has 322 valence electrons. The van der Waals surface area contributed by atoms with Crippen molar-refractivity contribution >= 4 is 46.9 Å². The molecule has 2 aromatic carbocycles. The lowest BCUT2D eigenvalue weighted by atomic mass is 9.81. The second kappa shape index (κ2) is 17.0. The average molecular weight is 840 g/mol. The van der Waals surface area contributed by atoms with Gasteiger partial charge in [-0.05, 0) is 85.9 Å². The Morgan fingerprint density at radius 3 is 2.48 bits per heavy atom. The Labute approximate surface area is 351 Å². The first-order valence-electron chi connectivity index (χ1n) is 20.4. The highest BCUT2D eigenvalue weighted by molar-refractivity contribution is 5.95. The molecule has 8 rings (SSSR count). The summed E-state index contributed by atoms with van der Waals surface area (Å²) in [4.78, 5) is 82.0. The van der Waals surface area contributed by atoms with E-state index < -0.39 is 47.0 Å². The maximum atomic E-state index is 15.3. The van der Waals surface area contributed by atoms with Crippen LogP contribution in [0.4, 0.5) is 14.9 Å². The molecule has 61 heavy (non-hydrogen) atoms. The number of carbonyl (C=O) groups excluding carboxylic acids is 5. The van der Waals surface area contributed by atoms with Gasteiger partial charge >= 0.3 is 12.1 Å². The van der Waals surface area contributed by atoms with E-state index in [1.807, 2.05) is 6.92 Å². The minimum atomic E-state index is -2.01. The predicted molar refractivity (Wildman–Crippen MR) is 221 cm³/mol. The number of aryl methyl sites for hydroxylation is 1. The van der Waals surface area contributed by atoms with Gasteiger partial charge in [0, 0.05) is 40.9 Å². The number of rotatable bonds is 10. The van der Waals surface area contributed by atoms with E-state index >= 15 is 4.39 Å². The number of carbonyl (C=O) groups is 5. The minimum Gasteiger partial charge on any atom is -0.458 e. The molecular formula is C44H50FN7O9. The molecule has 4 unspecified atom stereocenters. The van der Waals surface area contributed by atoms with Crippen LogP contribution in [0, 0.1) is 18.7 Å². The number of anilines is 1. The summed E-state index contributed by atoms with van der Waals surface area (Å²) in [6.07, 6.45) is 1.05. The molecule has 6 N–H and O–H groups in total. The number of halogens is 1. The minimum absolute atomic E-state index is 0.0180. The number of benzene rings is 2. The van der Waals surface area contributed by atoms with Gasteiger partial charge in [-0.3, -0.25) is 24.1 Å². The summed E-state index contributed by atoms with van der Waals surface area (Å²) in [5, 5.41) is 20.1. The smallest absolute Gasteiger partial charge is 0.410 e. The van der Waals surface area contributed by atoms with Crippen LogP contribution >= 0.6 is 0 Å². The van der Waals surface area contributed by atoms with Gasteiger partial charge in [-0.15, -0.1) is 0 Å². The third-order valence-electron chi connectivity index (χ3n) is 12.2. The first-order valence-corrected chi connectivity index (χ1v) is 20.4. The molecule has 4 atom stereocenters. The van der Waals surface area contributed by atoms with Crippen molar-refractivity contribution in [3.05, 3.63) is 91.5 Å². The average Bonchev–Trinajstić information content (AvgIpc) is 3.59. The van der Waals surface area contributed by atoms with Crippen molar-refractivity contribution in [2.75, 3.05) is 18.4 Å². The van der Waals surface area contributed by atoms with Crippen molar-refractivity contribution in [1.29, 1.82) is 0 Å². The number of nitrogens with one attached hydrogen (secondary N) is 3. The van der Waals surface area contributed by atoms with Gasteiger partial charge in [-0.25, -0.2) is 19.0 Å². The van der Waals surface area contributed by atoms with Gasteiger partial charge in [-0.1, -0.05) is 32.9 Å². The van der Waals surface area contributed by atoms with E-state index in [1.54, 1.807) is 44.2 Å². The van der Waals surface area contributed by atoms with E-state index in [2.05, 4.69) is 29.8 Å². The molecule has 1 fully saturated rings. The summed E-state index contributed by atoms with van der Waals surface area (Å²) < 4.78 is 27.6. The number of amides is 4. The molecule has 2 aromatic heterocycles. The number of cyclic esters (lactones) is 1. The van der Waals surface area contributed by atoms with Crippen molar-refractivity contribution in [2.45, 2.75) is 104 Å². The highest BCUT2D eigenvalue weighted by Crippen LogP contribution is 2.46. The normalized spacial score (nSPS) is 19.9.